The van der Waals surface area contributed by atoms with Crippen molar-refractivity contribution >= 4 is 23.6 Å². The summed E-state index contributed by atoms with van der Waals surface area (Å²) in [5, 5.41) is 2.97. The fourth-order valence-electron chi connectivity index (χ4n) is 2.55. The van der Waals surface area contributed by atoms with Gasteiger partial charge >= 0.3 is 0 Å². The number of carbonyl (C=O) groups is 2. The van der Waals surface area contributed by atoms with Gasteiger partial charge in [-0.1, -0.05) is 51.1 Å². The molecular formula is C18H26N2O2S. The molecule has 0 aliphatic carbocycles. The molecule has 1 aliphatic heterocycles. The van der Waals surface area contributed by atoms with E-state index in [2.05, 4.69) is 17.4 Å². The van der Waals surface area contributed by atoms with E-state index in [9.17, 15) is 9.59 Å². The lowest BCUT2D eigenvalue weighted by molar-refractivity contribution is -0.139. The number of nitrogens with zero attached hydrogens (tertiary/aromatic N) is 1. The molecule has 1 saturated heterocycles. The number of benzene rings is 1. The smallest absolute Gasteiger partial charge is 0.243 e. The molecule has 0 bridgehead atoms. The fraction of sp³-hybridized carbons (Fsp3) is 0.556. The van der Waals surface area contributed by atoms with Crippen LogP contribution >= 0.6 is 11.8 Å². The molecule has 23 heavy (non-hydrogen) atoms. The van der Waals surface area contributed by atoms with Crippen LogP contribution in [0, 0.1) is 5.41 Å². The van der Waals surface area contributed by atoms with Crippen LogP contribution in [0.2, 0.25) is 0 Å². The highest BCUT2D eigenvalue weighted by Gasteiger charge is 2.35. The Labute approximate surface area is 143 Å². The maximum Gasteiger partial charge on any atom is 0.243 e. The molecule has 1 fully saturated rings. The van der Waals surface area contributed by atoms with E-state index >= 15 is 0 Å². The van der Waals surface area contributed by atoms with Gasteiger partial charge in [0.25, 0.3) is 0 Å². The van der Waals surface area contributed by atoms with Crippen molar-refractivity contribution in [1.82, 2.24) is 10.2 Å². The van der Waals surface area contributed by atoms with Crippen molar-refractivity contribution in [1.29, 1.82) is 0 Å². The summed E-state index contributed by atoms with van der Waals surface area (Å²) < 4.78 is 0. The summed E-state index contributed by atoms with van der Waals surface area (Å²) in [6, 6.07) is 9.75. The molecule has 0 spiro atoms. The molecular weight excluding hydrogens is 308 g/mol. The van der Waals surface area contributed by atoms with E-state index in [-0.39, 0.29) is 23.3 Å². The molecule has 1 aromatic carbocycles. The van der Waals surface area contributed by atoms with E-state index in [1.54, 1.807) is 16.7 Å². The molecule has 1 N–H and O–H groups in total. The number of amides is 2. The Hall–Kier alpha value is -1.49. The monoisotopic (exact) mass is 334 g/mol. The Morgan fingerprint density at radius 2 is 1.96 bits per heavy atom. The number of thioether (sulfide) groups is 1. The SMILES string of the molecule is CC(C)(C)CC(=O)N1CSC[C@@H]1C(=O)NCCc1ccccc1. The zero-order valence-corrected chi connectivity index (χ0v) is 15.0. The molecule has 0 saturated carbocycles. The second kappa shape index (κ2) is 7.86. The van der Waals surface area contributed by atoms with Crippen LogP contribution in [0.4, 0.5) is 0 Å². The van der Waals surface area contributed by atoms with Gasteiger partial charge in [-0.2, -0.15) is 0 Å². The van der Waals surface area contributed by atoms with Gasteiger partial charge in [-0.05, 0) is 17.4 Å². The summed E-state index contributed by atoms with van der Waals surface area (Å²) in [6.07, 6.45) is 1.28. The van der Waals surface area contributed by atoms with Crippen molar-refractivity contribution < 1.29 is 9.59 Å². The van der Waals surface area contributed by atoms with Crippen LogP contribution in [-0.2, 0) is 16.0 Å². The lowest BCUT2D eigenvalue weighted by Gasteiger charge is -2.26. The summed E-state index contributed by atoms with van der Waals surface area (Å²) in [4.78, 5) is 26.5. The highest BCUT2D eigenvalue weighted by molar-refractivity contribution is 7.99. The Kier molecular flexibility index (Phi) is 6.10. The van der Waals surface area contributed by atoms with Crippen LogP contribution in [-0.4, -0.2) is 40.9 Å². The Morgan fingerprint density at radius 3 is 2.61 bits per heavy atom. The normalized spacial score (nSPS) is 18.0. The van der Waals surface area contributed by atoms with Crippen LogP contribution in [0.15, 0.2) is 30.3 Å². The average Bonchev–Trinajstić information content (AvgIpc) is 2.96. The lowest BCUT2D eigenvalue weighted by Crippen LogP contribution is -2.48. The van der Waals surface area contributed by atoms with Crippen LogP contribution in [0.25, 0.3) is 0 Å². The predicted octanol–water partition coefficient (Wildman–Crippen LogP) is 2.68. The maximum atomic E-state index is 12.4. The van der Waals surface area contributed by atoms with E-state index < -0.39 is 0 Å². The molecule has 1 aliphatic rings. The largest absolute Gasteiger partial charge is 0.354 e. The van der Waals surface area contributed by atoms with E-state index in [1.807, 2.05) is 39.0 Å². The third kappa shape index (κ3) is 5.57. The first-order valence-corrected chi connectivity index (χ1v) is 9.21. The van der Waals surface area contributed by atoms with Gasteiger partial charge < -0.3 is 10.2 Å². The predicted molar refractivity (Wildman–Crippen MR) is 95.2 cm³/mol. The molecule has 0 unspecified atom stereocenters. The number of carbonyl (C=O) groups excluding carboxylic acids is 2. The fourth-order valence-corrected chi connectivity index (χ4v) is 3.73. The van der Waals surface area contributed by atoms with Crippen LogP contribution in [0.5, 0.6) is 0 Å². The first kappa shape index (κ1) is 17.9. The maximum absolute atomic E-state index is 12.4. The van der Waals surface area contributed by atoms with Gasteiger partial charge in [0.15, 0.2) is 0 Å². The van der Waals surface area contributed by atoms with Gasteiger partial charge in [-0.15, -0.1) is 11.8 Å². The Morgan fingerprint density at radius 1 is 1.26 bits per heavy atom. The molecule has 0 aromatic heterocycles. The number of hydrogen-bond acceptors (Lipinski definition) is 3. The van der Waals surface area contributed by atoms with Crippen molar-refractivity contribution in [2.45, 2.75) is 39.7 Å². The summed E-state index contributed by atoms with van der Waals surface area (Å²) in [7, 11) is 0. The first-order valence-electron chi connectivity index (χ1n) is 8.06. The molecule has 2 rings (SSSR count). The number of nitrogens with one attached hydrogen (secondary N) is 1. The minimum Gasteiger partial charge on any atom is -0.354 e. The van der Waals surface area contributed by atoms with Crippen molar-refractivity contribution in [3.8, 4) is 0 Å². The van der Waals surface area contributed by atoms with Crippen molar-refractivity contribution in [3.05, 3.63) is 35.9 Å². The molecule has 1 atom stereocenters. The molecule has 1 aromatic rings. The minimum atomic E-state index is -0.328. The first-order chi connectivity index (χ1) is 10.9. The van der Waals surface area contributed by atoms with E-state index in [0.717, 1.165) is 6.42 Å². The minimum absolute atomic E-state index is 0.0341. The van der Waals surface area contributed by atoms with Gasteiger partial charge in [-0.25, -0.2) is 0 Å². The molecule has 126 valence electrons. The number of hydrogen-bond donors (Lipinski definition) is 1. The summed E-state index contributed by atoms with van der Waals surface area (Å²) in [6.45, 7) is 6.74. The average molecular weight is 334 g/mol. The van der Waals surface area contributed by atoms with Crippen molar-refractivity contribution in [2.75, 3.05) is 18.2 Å². The van der Waals surface area contributed by atoms with Crippen molar-refractivity contribution in [2.24, 2.45) is 5.41 Å². The molecule has 4 nitrogen and oxygen atoms in total. The van der Waals surface area contributed by atoms with Crippen molar-refractivity contribution in [3.63, 3.8) is 0 Å². The van der Waals surface area contributed by atoms with E-state index in [1.165, 1.54) is 5.56 Å². The standard InChI is InChI=1S/C18H26N2O2S/c1-18(2,3)11-16(21)20-13-23-12-15(20)17(22)19-10-9-14-7-5-4-6-8-14/h4-8,15H,9-13H2,1-3H3,(H,19,22)/t15-/m1/s1. The molecule has 0 radical (unpaired) electrons. The Balaban J connectivity index is 1.84. The van der Waals surface area contributed by atoms with Gasteiger partial charge in [-0.3, -0.25) is 9.59 Å². The topological polar surface area (TPSA) is 49.4 Å². The number of rotatable bonds is 5. The highest BCUT2D eigenvalue weighted by atomic mass is 32.2. The summed E-state index contributed by atoms with van der Waals surface area (Å²) in [5.41, 5.74) is 1.15. The van der Waals surface area contributed by atoms with E-state index in [0.29, 0.717) is 24.6 Å². The molecule has 2 amide bonds. The third-order valence-corrected chi connectivity index (χ3v) is 4.75. The summed E-state index contributed by atoms with van der Waals surface area (Å²) >= 11 is 1.65. The zero-order chi connectivity index (χ0) is 16.9. The van der Waals surface area contributed by atoms with Crippen LogP contribution in [0.1, 0.15) is 32.8 Å². The van der Waals surface area contributed by atoms with Crippen LogP contribution in [0.3, 0.4) is 0 Å². The van der Waals surface area contributed by atoms with Gasteiger partial charge in [0.2, 0.25) is 11.8 Å². The second-order valence-corrected chi connectivity index (χ2v) is 8.14. The molecule has 1 heterocycles. The third-order valence-electron chi connectivity index (χ3n) is 3.74. The zero-order valence-electron chi connectivity index (χ0n) is 14.2. The quantitative estimate of drug-likeness (QED) is 0.901. The summed E-state index contributed by atoms with van der Waals surface area (Å²) in [5.74, 6) is 1.34. The van der Waals surface area contributed by atoms with Gasteiger partial charge in [0.05, 0.1) is 5.88 Å². The van der Waals surface area contributed by atoms with Gasteiger partial charge in [0, 0.05) is 18.7 Å². The van der Waals surface area contributed by atoms with Gasteiger partial charge in [0.1, 0.15) is 6.04 Å². The van der Waals surface area contributed by atoms with Crippen LogP contribution < -0.4 is 5.32 Å². The lowest BCUT2D eigenvalue weighted by atomic mass is 9.91. The Bertz CT molecular complexity index is 540. The highest BCUT2D eigenvalue weighted by Crippen LogP contribution is 2.26. The second-order valence-electron chi connectivity index (χ2n) is 7.14. The molecule has 5 heteroatoms. The van der Waals surface area contributed by atoms with E-state index in [4.69, 9.17) is 0 Å².